The summed E-state index contributed by atoms with van der Waals surface area (Å²) in [5.74, 6) is 1.47. The molecular formula is C12H17N3O. The minimum atomic E-state index is 0.203. The number of anilines is 1. The van der Waals surface area contributed by atoms with Gasteiger partial charge in [-0.1, -0.05) is 6.07 Å². The van der Waals surface area contributed by atoms with E-state index in [0.29, 0.717) is 5.92 Å². The molecule has 1 aromatic heterocycles. The van der Waals surface area contributed by atoms with Gasteiger partial charge in [0.05, 0.1) is 12.1 Å². The molecule has 4 unspecified atom stereocenters. The predicted octanol–water partition coefficient (Wildman–Crippen LogP) is 0.917. The summed E-state index contributed by atoms with van der Waals surface area (Å²) in [5, 5.41) is 3.41. The Labute approximate surface area is 95.2 Å². The number of ether oxygens (including phenoxy) is 1. The topological polar surface area (TPSA) is 60.2 Å². The molecule has 2 fully saturated rings. The normalized spacial score (nSPS) is 36.6. The van der Waals surface area contributed by atoms with Crippen LogP contribution in [0, 0.1) is 12.8 Å². The summed E-state index contributed by atoms with van der Waals surface area (Å²) in [5.41, 5.74) is 7.28. The van der Waals surface area contributed by atoms with Gasteiger partial charge in [-0.25, -0.2) is 4.98 Å². The van der Waals surface area contributed by atoms with Crippen LogP contribution >= 0.6 is 0 Å². The molecule has 86 valence electrons. The Morgan fingerprint density at radius 1 is 1.56 bits per heavy atom. The third kappa shape index (κ3) is 1.41. The van der Waals surface area contributed by atoms with Crippen LogP contribution in [0.1, 0.15) is 12.0 Å². The monoisotopic (exact) mass is 219 g/mol. The lowest BCUT2D eigenvalue weighted by Crippen LogP contribution is -2.65. The summed E-state index contributed by atoms with van der Waals surface area (Å²) in [6.45, 7) is 2.90. The first-order valence-corrected chi connectivity index (χ1v) is 5.83. The van der Waals surface area contributed by atoms with E-state index in [2.05, 4.69) is 10.3 Å². The molecule has 3 N–H and O–H groups in total. The number of rotatable bonds is 2. The second-order valence-corrected chi connectivity index (χ2v) is 4.70. The SMILES string of the molecule is Cc1cccnc1NC1C(N)C2CCOC21. The van der Waals surface area contributed by atoms with Crippen molar-refractivity contribution in [1.29, 1.82) is 0 Å². The van der Waals surface area contributed by atoms with Crippen molar-refractivity contribution in [2.75, 3.05) is 11.9 Å². The largest absolute Gasteiger partial charge is 0.376 e. The molecule has 1 aliphatic heterocycles. The van der Waals surface area contributed by atoms with Crippen molar-refractivity contribution in [2.24, 2.45) is 11.7 Å². The van der Waals surface area contributed by atoms with Crippen LogP contribution in [-0.2, 0) is 4.74 Å². The molecular weight excluding hydrogens is 202 g/mol. The van der Waals surface area contributed by atoms with Crippen LogP contribution in [0.4, 0.5) is 5.82 Å². The maximum absolute atomic E-state index is 6.14. The van der Waals surface area contributed by atoms with Crippen LogP contribution in [-0.4, -0.2) is 29.8 Å². The number of aromatic nitrogens is 1. The summed E-state index contributed by atoms with van der Waals surface area (Å²) in [6.07, 6.45) is 3.19. The van der Waals surface area contributed by atoms with Crippen molar-refractivity contribution in [1.82, 2.24) is 4.98 Å². The summed E-state index contributed by atoms with van der Waals surface area (Å²) in [4.78, 5) is 4.33. The second-order valence-electron chi connectivity index (χ2n) is 4.70. The molecule has 0 spiro atoms. The maximum Gasteiger partial charge on any atom is 0.129 e. The fourth-order valence-electron chi connectivity index (χ4n) is 2.72. The average molecular weight is 219 g/mol. The number of nitrogens with zero attached hydrogens (tertiary/aromatic N) is 1. The maximum atomic E-state index is 6.14. The van der Waals surface area contributed by atoms with E-state index < -0.39 is 0 Å². The molecule has 1 aromatic rings. The van der Waals surface area contributed by atoms with Crippen LogP contribution in [0.5, 0.6) is 0 Å². The summed E-state index contributed by atoms with van der Waals surface area (Å²) in [6, 6.07) is 4.41. The quantitative estimate of drug-likeness (QED) is 0.776. The van der Waals surface area contributed by atoms with E-state index in [1.165, 1.54) is 0 Å². The van der Waals surface area contributed by atoms with Gasteiger partial charge in [0.1, 0.15) is 5.82 Å². The Bertz CT molecular complexity index is 396. The van der Waals surface area contributed by atoms with Crippen molar-refractivity contribution in [3.05, 3.63) is 23.9 Å². The van der Waals surface area contributed by atoms with Gasteiger partial charge in [0.25, 0.3) is 0 Å². The first-order valence-electron chi connectivity index (χ1n) is 5.83. The van der Waals surface area contributed by atoms with Gasteiger partial charge in [-0.15, -0.1) is 0 Å². The highest BCUT2D eigenvalue weighted by atomic mass is 16.5. The predicted molar refractivity (Wildman–Crippen MR) is 62.2 cm³/mol. The fourth-order valence-corrected chi connectivity index (χ4v) is 2.72. The zero-order chi connectivity index (χ0) is 11.1. The smallest absolute Gasteiger partial charge is 0.129 e. The Kier molecular flexibility index (Phi) is 2.33. The number of pyridine rings is 1. The van der Waals surface area contributed by atoms with Gasteiger partial charge in [0, 0.05) is 24.8 Å². The molecule has 1 saturated carbocycles. The molecule has 4 atom stereocenters. The average Bonchev–Trinajstić information content (AvgIpc) is 2.72. The lowest BCUT2D eigenvalue weighted by molar-refractivity contribution is 0.00522. The van der Waals surface area contributed by atoms with E-state index in [-0.39, 0.29) is 18.2 Å². The first-order chi connectivity index (χ1) is 7.77. The third-order valence-electron chi connectivity index (χ3n) is 3.76. The molecule has 2 heterocycles. The Morgan fingerprint density at radius 2 is 2.44 bits per heavy atom. The molecule has 0 bridgehead atoms. The third-order valence-corrected chi connectivity index (χ3v) is 3.76. The summed E-state index contributed by atoms with van der Waals surface area (Å²) < 4.78 is 5.68. The standard InChI is InChI=1S/C12H17N3O/c1-7-3-2-5-14-12(7)15-10-9(13)8-4-6-16-11(8)10/h2-3,5,8-11H,4,6,13H2,1H3,(H,14,15). The number of nitrogens with two attached hydrogens (primary N) is 1. The number of nitrogens with one attached hydrogen (secondary N) is 1. The molecule has 1 aliphatic carbocycles. The zero-order valence-electron chi connectivity index (χ0n) is 9.39. The van der Waals surface area contributed by atoms with Gasteiger partial charge in [-0.3, -0.25) is 0 Å². The van der Waals surface area contributed by atoms with Gasteiger partial charge in [-0.05, 0) is 25.0 Å². The van der Waals surface area contributed by atoms with Crippen LogP contribution in [0.2, 0.25) is 0 Å². The molecule has 0 amide bonds. The van der Waals surface area contributed by atoms with E-state index in [1.54, 1.807) is 6.20 Å². The molecule has 3 rings (SSSR count). The Hall–Kier alpha value is -1.13. The van der Waals surface area contributed by atoms with Gasteiger partial charge in [-0.2, -0.15) is 0 Å². The highest BCUT2D eigenvalue weighted by molar-refractivity contribution is 5.45. The molecule has 0 radical (unpaired) electrons. The van der Waals surface area contributed by atoms with E-state index in [9.17, 15) is 0 Å². The number of aryl methyl sites for hydroxylation is 1. The summed E-state index contributed by atoms with van der Waals surface area (Å²) in [7, 11) is 0. The fraction of sp³-hybridized carbons (Fsp3) is 0.583. The van der Waals surface area contributed by atoms with Crippen molar-refractivity contribution < 1.29 is 4.74 Å². The second kappa shape index (κ2) is 3.71. The minimum absolute atomic E-state index is 0.203. The van der Waals surface area contributed by atoms with Crippen molar-refractivity contribution in [2.45, 2.75) is 31.5 Å². The van der Waals surface area contributed by atoms with E-state index >= 15 is 0 Å². The number of hydrogen-bond acceptors (Lipinski definition) is 4. The molecule has 4 nitrogen and oxygen atoms in total. The highest BCUT2D eigenvalue weighted by Gasteiger charge is 2.52. The molecule has 4 heteroatoms. The van der Waals surface area contributed by atoms with Gasteiger partial charge in [0.15, 0.2) is 0 Å². The van der Waals surface area contributed by atoms with Crippen LogP contribution < -0.4 is 11.1 Å². The van der Waals surface area contributed by atoms with Crippen molar-refractivity contribution >= 4 is 5.82 Å². The van der Waals surface area contributed by atoms with E-state index in [0.717, 1.165) is 24.4 Å². The van der Waals surface area contributed by atoms with E-state index in [1.807, 2.05) is 19.1 Å². The Morgan fingerprint density at radius 3 is 3.25 bits per heavy atom. The molecule has 1 saturated heterocycles. The zero-order valence-corrected chi connectivity index (χ0v) is 9.39. The lowest BCUT2D eigenvalue weighted by atomic mass is 9.72. The number of hydrogen-bond donors (Lipinski definition) is 2. The van der Waals surface area contributed by atoms with Crippen LogP contribution in [0.15, 0.2) is 18.3 Å². The van der Waals surface area contributed by atoms with Crippen LogP contribution in [0.25, 0.3) is 0 Å². The van der Waals surface area contributed by atoms with Crippen molar-refractivity contribution in [3.8, 4) is 0 Å². The number of fused-ring (bicyclic) bond motifs is 1. The minimum Gasteiger partial charge on any atom is -0.376 e. The summed E-state index contributed by atoms with van der Waals surface area (Å²) >= 11 is 0. The lowest BCUT2D eigenvalue weighted by Gasteiger charge is -2.46. The highest BCUT2D eigenvalue weighted by Crippen LogP contribution is 2.39. The Balaban J connectivity index is 1.74. The van der Waals surface area contributed by atoms with Crippen molar-refractivity contribution in [3.63, 3.8) is 0 Å². The molecule has 2 aliphatic rings. The molecule has 0 aromatic carbocycles. The van der Waals surface area contributed by atoms with Crippen LogP contribution in [0.3, 0.4) is 0 Å². The van der Waals surface area contributed by atoms with Gasteiger partial charge in [0.2, 0.25) is 0 Å². The molecule has 16 heavy (non-hydrogen) atoms. The first kappa shape index (κ1) is 10.1. The van der Waals surface area contributed by atoms with E-state index in [4.69, 9.17) is 10.5 Å². The van der Waals surface area contributed by atoms with Gasteiger partial charge < -0.3 is 15.8 Å². The van der Waals surface area contributed by atoms with Gasteiger partial charge >= 0.3 is 0 Å².